The van der Waals surface area contributed by atoms with E-state index in [-0.39, 0.29) is 18.4 Å². The lowest BCUT2D eigenvalue weighted by Gasteiger charge is -2.29. The fraction of sp³-hybridized carbons (Fsp3) is 0.909. The molecule has 1 aliphatic heterocycles. The summed E-state index contributed by atoms with van der Waals surface area (Å²) >= 11 is 0. The molecule has 4 heteroatoms. The van der Waals surface area contributed by atoms with Gasteiger partial charge in [-0.3, -0.25) is 4.79 Å². The van der Waals surface area contributed by atoms with Crippen molar-refractivity contribution in [1.82, 2.24) is 10.2 Å². The fourth-order valence-electron chi connectivity index (χ4n) is 2.04. The molecule has 0 spiro atoms. The van der Waals surface area contributed by atoms with Crippen molar-refractivity contribution in [2.75, 3.05) is 32.8 Å². The number of hydrogen-bond acceptors (Lipinski definition) is 3. The van der Waals surface area contributed by atoms with Crippen LogP contribution < -0.4 is 5.32 Å². The number of aliphatic hydroxyl groups is 1. The van der Waals surface area contributed by atoms with Gasteiger partial charge in [-0.05, 0) is 25.8 Å². The van der Waals surface area contributed by atoms with Gasteiger partial charge in [-0.2, -0.15) is 0 Å². The van der Waals surface area contributed by atoms with Crippen molar-refractivity contribution in [1.29, 1.82) is 0 Å². The van der Waals surface area contributed by atoms with E-state index in [1.54, 1.807) is 4.90 Å². The largest absolute Gasteiger partial charge is 0.395 e. The first-order valence-electron chi connectivity index (χ1n) is 5.90. The van der Waals surface area contributed by atoms with Gasteiger partial charge in [0.1, 0.15) is 0 Å². The number of nitrogens with zero attached hydrogens (tertiary/aromatic N) is 1. The molecule has 2 N–H and O–H groups in total. The molecule has 1 aliphatic rings. The lowest BCUT2D eigenvalue weighted by molar-refractivity contribution is -0.136. The molecule has 1 atom stereocenters. The first-order valence-corrected chi connectivity index (χ1v) is 5.90. The zero-order valence-electron chi connectivity index (χ0n) is 9.54. The molecule has 0 unspecified atom stereocenters. The van der Waals surface area contributed by atoms with Gasteiger partial charge in [0.15, 0.2) is 0 Å². The standard InChI is InChI=1S/C11H22N2O2/c1-2-6-13(7-8-14)11(15)10-4-3-5-12-9-10/h10,12,14H,2-9H2,1H3/t10-/m0/s1. The molecule has 0 bridgehead atoms. The summed E-state index contributed by atoms with van der Waals surface area (Å²) in [6.45, 7) is 5.17. The van der Waals surface area contributed by atoms with Crippen molar-refractivity contribution in [3.05, 3.63) is 0 Å². The zero-order valence-corrected chi connectivity index (χ0v) is 9.54. The van der Waals surface area contributed by atoms with Gasteiger partial charge < -0.3 is 15.3 Å². The highest BCUT2D eigenvalue weighted by atomic mass is 16.3. The van der Waals surface area contributed by atoms with Gasteiger partial charge >= 0.3 is 0 Å². The van der Waals surface area contributed by atoms with Crippen molar-refractivity contribution in [3.63, 3.8) is 0 Å². The molecule has 0 aromatic heterocycles. The van der Waals surface area contributed by atoms with Crippen LogP contribution >= 0.6 is 0 Å². The minimum Gasteiger partial charge on any atom is -0.395 e. The van der Waals surface area contributed by atoms with E-state index >= 15 is 0 Å². The van der Waals surface area contributed by atoms with Crippen LogP contribution in [0.25, 0.3) is 0 Å². The summed E-state index contributed by atoms with van der Waals surface area (Å²) in [4.78, 5) is 13.8. The van der Waals surface area contributed by atoms with Gasteiger partial charge in [0.2, 0.25) is 5.91 Å². The molecule has 1 rings (SSSR count). The number of amides is 1. The van der Waals surface area contributed by atoms with Crippen LogP contribution in [0.5, 0.6) is 0 Å². The minimum absolute atomic E-state index is 0.0614. The Hall–Kier alpha value is -0.610. The lowest BCUT2D eigenvalue weighted by Crippen LogP contribution is -2.44. The van der Waals surface area contributed by atoms with Gasteiger partial charge in [0, 0.05) is 19.6 Å². The summed E-state index contributed by atoms with van der Waals surface area (Å²) in [6, 6.07) is 0. The Morgan fingerprint density at radius 2 is 2.33 bits per heavy atom. The number of hydrogen-bond donors (Lipinski definition) is 2. The molecule has 0 aromatic carbocycles. The maximum Gasteiger partial charge on any atom is 0.227 e. The number of nitrogens with one attached hydrogen (secondary N) is 1. The highest BCUT2D eigenvalue weighted by Crippen LogP contribution is 2.13. The molecule has 1 saturated heterocycles. The normalized spacial score (nSPS) is 21.3. The Morgan fingerprint density at radius 3 is 2.87 bits per heavy atom. The molecular weight excluding hydrogens is 192 g/mol. The number of carbonyl (C=O) groups is 1. The third kappa shape index (κ3) is 3.80. The lowest BCUT2D eigenvalue weighted by atomic mass is 9.98. The van der Waals surface area contributed by atoms with Crippen LogP contribution in [0.2, 0.25) is 0 Å². The Balaban J connectivity index is 2.45. The van der Waals surface area contributed by atoms with Crippen LogP contribution in [0.3, 0.4) is 0 Å². The summed E-state index contributed by atoms with van der Waals surface area (Å²) in [7, 11) is 0. The fourth-order valence-corrected chi connectivity index (χ4v) is 2.04. The number of aliphatic hydroxyl groups excluding tert-OH is 1. The monoisotopic (exact) mass is 214 g/mol. The Bertz CT molecular complexity index is 185. The average molecular weight is 214 g/mol. The zero-order chi connectivity index (χ0) is 11.1. The van der Waals surface area contributed by atoms with Crippen molar-refractivity contribution in [2.24, 2.45) is 5.92 Å². The van der Waals surface area contributed by atoms with Crippen LogP contribution in [0.15, 0.2) is 0 Å². The second-order valence-corrected chi connectivity index (χ2v) is 4.09. The average Bonchev–Trinajstić information content (AvgIpc) is 2.29. The molecule has 1 fully saturated rings. The van der Waals surface area contributed by atoms with Crippen LogP contribution in [-0.4, -0.2) is 48.7 Å². The highest BCUT2D eigenvalue weighted by molar-refractivity contribution is 5.79. The maximum atomic E-state index is 12.1. The predicted molar refractivity (Wildman–Crippen MR) is 59.6 cm³/mol. The van der Waals surface area contributed by atoms with Crippen LogP contribution in [0, 0.1) is 5.92 Å². The van der Waals surface area contributed by atoms with E-state index in [0.717, 1.165) is 38.9 Å². The first-order chi connectivity index (χ1) is 7.29. The predicted octanol–water partition coefficient (Wildman–Crippen LogP) is 0.217. The van der Waals surface area contributed by atoms with E-state index in [2.05, 4.69) is 12.2 Å². The third-order valence-electron chi connectivity index (χ3n) is 2.82. The Morgan fingerprint density at radius 1 is 1.53 bits per heavy atom. The summed E-state index contributed by atoms with van der Waals surface area (Å²) in [6.07, 6.45) is 3.01. The highest BCUT2D eigenvalue weighted by Gasteiger charge is 2.24. The molecule has 4 nitrogen and oxygen atoms in total. The first kappa shape index (κ1) is 12.5. The van der Waals surface area contributed by atoms with Gasteiger partial charge in [-0.25, -0.2) is 0 Å². The topological polar surface area (TPSA) is 52.6 Å². The molecule has 0 aromatic rings. The van der Waals surface area contributed by atoms with Gasteiger partial charge in [0.05, 0.1) is 12.5 Å². The summed E-state index contributed by atoms with van der Waals surface area (Å²) < 4.78 is 0. The van der Waals surface area contributed by atoms with Crippen LogP contribution in [0.1, 0.15) is 26.2 Å². The Labute approximate surface area is 91.6 Å². The molecule has 0 saturated carbocycles. The minimum atomic E-state index is 0.0614. The number of carbonyl (C=O) groups excluding carboxylic acids is 1. The molecule has 1 amide bonds. The van der Waals surface area contributed by atoms with E-state index in [0.29, 0.717) is 6.54 Å². The maximum absolute atomic E-state index is 12.1. The van der Waals surface area contributed by atoms with Crippen LogP contribution in [0.4, 0.5) is 0 Å². The molecule has 88 valence electrons. The van der Waals surface area contributed by atoms with Crippen molar-refractivity contribution in [2.45, 2.75) is 26.2 Å². The smallest absolute Gasteiger partial charge is 0.227 e. The number of rotatable bonds is 5. The molecule has 1 heterocycles. The molecule has 0 radical (unpaired) electrons. The van der Waals surface area contributed by atoms with E-state index in [1.807, 2.05) is 0 Å². The van der Waals surface area contributed by atoms with Gasteiger partial charge in [-0.1, -0.05) is 6.92 Å². The van der Waals surface area contributed by atoms with E-state index < -0.39 is 0 Å². The summed E-state index contributed by atoms with van der Waals surface area (Å²) in [5.74, 6) is 0.329. The van der Waals surface area contributed by atoms with Gasteiger partial charge in [-0.15, -0.1) is 0 Å². The third-order valence-corrected chi connectivity index (χ3v) is 2.82. The van der Waals surface area contributed by atoms with E-state index in [9.17, 15) is 4.79 Å². The van der Waals surface area contributed by atoms with Crippen molar-refractivity contribution < 1.29 is 9.90 Å². The Kier molecular flexibility index (Phi) is 5.65. The van der Waals surface area contributed by atoms with Gasteiger partial charge in [0.25, 0.3) is 0 Å². The van der Waals surface area contributed by atoms with Crippen molar-refractivity contribution >= 4 is 5.91 Å². The quantitative estimate of drug-likeness (QED) is 0.688. The molecular formula is C11H22N2O2. The van der Waals surface area contributed by atoms with E-state index in [4.69, 9.17) is 5.11 Å². The summed E-state index contributed by atoms with van der Waals surface area (Å²) in [5.41, 5.74) is 0. The van der Waals surface area contributed by atoms with Crippen LogP contribution in [-0.2, 0) is 4.79 Å². The molecule has 15 heavy (non-hydrogen) atoms. The number of piperidine rings is 1. The van der Waals surface area contributed by atoms with E-state index in [1.165, 1.54) is 0 Å². The second kappa shape index (κ2) is 6.80. The SMILES string of the molecule is CCCN(CCO)C(=O)[C@H]1CCCNC1. The molecule has 0 aliphatic carbocycles. The summed E-state index contributed by atoms with van der Waals surface area (Å²) in [5, 5.41) is 12.1. The second-order valence-electron chi connectivity index (χ2n) is 4.09. The van der Waals surface area contributed by atoms with Crippen molar-refractivity contribution in [3.8, 4) is 0 Å².